The fraction of sp³-hybridized carbons (Fsp3) is 0.0667. The number of aryl methyl sites for hydroxylation is 2. The zero-order valence-corrected chi connectivity index (χ0v) is 22.0. The number of allylic oxidation sites excluding steroid dienone is 3. The molecule has 0 bridgehead atoms. The number of aromatic nitrogens is 3. The summed E-state index contributed by atoms with van der Waals surface area (Å²) in [6, 6.07) is 12.2. The summed E-state index contributed by atoms with van der Waals surface area (Å²) in [5.41, 5.74) is 2.08. The van der Waals surface area contributed by atoms with Crippen molar-refractivity contribution in [2.45, 2.75) is 6.92 Å². The van der Waals surface area contributed by atoms with Gasteiger partial charge in [0.2, 0.25) is 0 Å². The molecule has 2 aromatic heterocycles. The summed E-state index contributed by atoms with van der Waals surface area (Å²) >= 11 is 0. The number of halogens is 2. The van der Waals surface area contributed by atoms with Gasteiger partial charge in [0.15, 0.2) is 17.3 Å². The number of nitrogens with one attached hydrogen (secondary N) is 3. The molecule has 206 valence electrons. The molecule has 0 spiro atoms. The minimum atomic E-state index is -0.764. The zero-order valence-electron chi connectivity index (χ0n) is 22.0. The zero-order chi connectivity index (χ0) is 29.1. The molecular weight excluding hydrogens is 530 g/mol. The lowest BCUT2D eigenvalue weighted by Crippen LogP contribution is -2.29. The Bertz CT molecular complexity index is 1820. The van der Waals surface area contributed by atoms with Gasteiger partial charge < -0.3 is 25.3 Å². The van der Waals surface area contributed by atoms with Gasteiger partial charge in [0.25, 0.3) is 11.5 Å². The van der Waals surface area contributed by atoms with Crippen LogP contribution in [-0.2, 0) is 7.05 Å². The number of anilines is 1. The summed E-state index contributed by atoms with van der Waals surface area (Å²) < 4.78 is 37.4. The maximum absolute atomic E-state index is 15.1. The van der Waals surface area contributed by atoms with E-state index in [0.29, 0.717) is 28.3 Å². The molecule has 3 N–H and O–H groups in total. The maximum Gasteiger partial charge on any atom is 0.268 e. The summed E-state index contributed by atoms with van der Waals surface area (Å²) in [6.45, 7) is 1.69. The second-order valence-electron chi connectivity index (χ2n) is 9.13. The van der Waals surface area contributed by atoms with E-state index < -0.39 is 23.1 Å². The van der Waals surface area contributed by atoms with E-state index in [1.54, 1.807) is 36.2 Å². The number of ether oxygens (including phenoxy) is 1. The number of carbonyl (C=O) groups excluding carboxylic acids is 1. The molecule has 3 heterocycles. The van der Waals surface area contributed by atoms with E-state index in [4.69, 9.17) is 10.1 Å². The van der Waals surface area contributed by atoms with Crippen molar-refractivity contribution < 1.29 is 18.3 Å². The number of pyridine rings is 1. The average molecular weight is 555 g/mol. The molecule has 1 aliphatic heterocycles. The van der Waals surface area contributed by atoms with Crippen LogP contribution in [-0.4, -0.2) is 26.2 Å². The van der Waals surface area contributed by atoms with E-state index in [0.717, 1.165) is 12.3 Å². The van der Waals surface area contributed by atoms with Crippen LogP contribution in [0.2, 0.25) is 0 Å². The van der Waals surface area contributed by atoms with Gasteiger partial charge >= 0.3 is 0 Å². The van der Waals surface area contributed by atoms with Gasteiger partial charge in [-0.2, -0.15) is 0 Å². The van der Waals surface area contributed by atoms with Crippen molar-refractivity contribution in [3.05, 3.63) is 136 Å². The van der Waals surface area contributed by atoms with Crippen molar-refractivity contribution in [3.63, 3.8) is 0 Å². The first kappa shape index (κ1) is 27.0. The van der Waals surface area contributed by atoms with Crippen LogP contribution in [0.5, 0.6) is 5.75 Å². The minimum Gasteiger partial charge on any atom is -0.452 e. The molecule has 0 saturated carbocycles. The average Bonchev–Trinajstić information content (AvgIpc) is 3.38. The van der Waals surface area contributed by atoms with Crippen molar-refractivity contribution in [1.82, 2.24) is 19.4 Å². The van der Waals surface area contributed by atoms with Gasteiger partial charge in [0.05, 0.1) is 17.7 Å². The highest BCUT2D eigenvalue weighted by Crippen LogP contribution is 2.28. The monoisotopic (exact) mass is 554 g/mol. The Morgan fingerprint density at radius 3 is 2.59 bits per heavy atom. The highest BCUT2D eigenvalue weighted by Gasteiger charge is 2.19. The first-order valence-electron chi connectivity index (χ1n) is 12.4. The number of carbonyl (C=O) groups is 1. The van der Waals surface area contributed by atoms with Crippen LogP contribution in [0, 0.1) is 24.0 Å². The second kappa shape index (κ2) is 11.3. The molecule has 9 nitrogen and oxygen atoms in total. The van der Waals surface area contributed by atoms with Crippen LogP contribution in [0.15, 0.2) is 102 Å². The van der Waals surface area contributed by atoms with E-state index in [1.807, 2.05) is 13.2 Å². The molecule has 2 aromatic carbocycles. The Hall–Kier alpha value is -5.58. The van der Waals surface area contributed by atoms with Crippen molar-refractivity contribution >= 4 is 23.4 Å². The normalized spacial score (nSPS) is 13.7. The summed E-state index contributed by atoms with van der Waals surface area (Å²) in [4.78, 5) is 30.4. The van der Waals surface area contributed by atoms with Crippen LogP contribution in [0.4, 0.5) is 14.5 Å². The third-order valence-corrected chi connectivity index (χ3v) is 6.20. The molecule has 11 heteroatoms. The number of hydrogen-bond donors (Lipinski definition) is 3. The highest BCUT2D eigenvalue weighted by molar-refractivity contribution is 6.04. The summed E-state index contributed by atoms with van der Waals surface area (Å²) in [6.07, 6.45) is 9.37. The Kier molecular flexibility index (Phi) is 7.42. The number of nitrogens with zero attached hydrogens (tertiary/aromatic N) is 3. The highest BCUT2D eigenvalue weighted by atomic mass is 19.1. The molecule has 41 heavy (non-hydrogen) atoms. The molecular formula is C30H24F2N6O3. The van der Waals surface area contributed by atoms with Crippen LogP contribution in [0.25, 0.3) is 11.3 Å². The lowest BCUT2D eigenvalue weighted by atomic mass is 10.1. The third-order valence-electron chi connectivity index (χ3n) is 6.20. The Balaban J connectivity index is 1.37. The number of amides is 1. The van der Waals surface area contributed by atoms with Crippen LogP contribution in [0.3, 0.4) is 0 Å². The molecule has 4 aromatic rings. The first-order chi connectivity index (χ1) is 19.7. The molecule has 0 fully saturated rings. The van der Waals surface area contributed by atoms with Crippen LogP contribution in [0.1, 0.15) is 21.7 Å². The number of hydrogen-bond acceptors (Lipinski definition) is 6. The second-order valence-corrected chi connectivity index (χ2v) is 9.13. The topological polar surface area (TPSA) is 114 Å². The lowest BCUT2D eigenvalue weighted by Gasteiger charge is -2.19. The van der Waals surface area contributed by atoms with Gasteiger partial charge in [0.1, 0.15) is 11.4 Å². The fourth-order valence-corrected chi connectivity index (χ4v) is 4.19. The molecule has 0 atom stereocenters. The Labute approximate surface area is 233 Å². The molecule has 5 rings (SSSR count). The van der Waals surface area contributed by atoms with Crippen LogP contribution >= 0.6 is 0 Å². The molecule has 0 saturated heterocycles. The SMILES string of the molecule is Cc1ccc(C(=O)Nc2ccc(OC3=CC(c4cn(C)cn4)=CN/C3=C\C=N)c(F)c2)c(=O)n1-c1ccc(F)cc1. The van der Waals surface area contributed by atoms with Gasteiger partial charge in [-0.15, -0.1) is 0 Å². The number of dihydropyridines is 1. The van der Waals surface area contributed by atoms with Crippen molar-refractivity contribution in [1.29, 1.82) is 5.41 Å². The van der Waals surface area contributed by atoms with Gasteiger partial charge in [-0.05, 0) is 67.6 Å². The van der Waals surface area contributed by atoms with E-state index in [9.17, 15) is 14.0 Å². The number of rotatable bonds is 7. The van der Waals surface area contributed by atoms with Crippen molar-refractivity contribution in [2.24, 2.45) is 7.05 Å². The smallest absolute Gasteiger partial charge is 0.268 e. The molecule has 1 aliphatic rings. The molecule has 0 radical (unpaired) electrons. The third kappa shape index (κ3) is 5.74. The van der Waals surface area contributed by atoms with E-state index in [1.165, 1.54) is 53.1 Å². The summed E-state index contributed by atoms with van der Waals surface area (Å²) in [7, 11) is 1.84. The maximum atomic E-state index is 15.1. The molecule has 0 aliphatic carbocycles. The van der Waals surface area contributed by atoms with Gasteiger partial charge in [0, 0.05) is 54.4 Å². The van der Waals surface area contributed by atoms with Gasteiger partial charge in [-0.25, -0.2) is 13.8 Å². The standard InChI is InChI=1S/C30H24F2N6O3/c1-18-3-9-23(30(40)38(18)22-7-4-20(31)5-8-22)29(39)36-21-6-10-27(24(32)14-21)41-28-13-19(15-34-25(28)11-12-33)26-16-37(2)17-35-26/h3-17,33-34H,1-2H3,(H,36,39)/b25-11-,33-12?. The van der Waals surface area contributed by atoms with Gasteiger partial charge in [-0.1, -0.05) is 0 Å². The summed E-state index contributed by atoms with van der Waals surface area (Å²) in [5.74, 6) is -1.82. The number of imidazole rings is 1. The largest absolute Gasteiger partial charge is 0.452 e. The van der Waals surface area contributed by atoms with Gasteiger partial charge in [-0.3, -0.25) is 14.2 Å². The molecule has 0 unspecified atom stereocenters. The van der Waals surface area contributed by atoms with E-state index >= 15 is 4.39 Å². The van der Waals surface area contributed by atoms with E-state index in [2.05, 4.69) is 15.6 Å². The molecule has 1 amide bonds. The number of benzene rings is 2. The fourth-order valence-electron chi connectivity index (χ4n) is 4.19. The Morgan fingerprint density at radius 1 is 1.12 bits per heavy atom. The Morgan fingerprint density at radius 2 is 1.90 bits per heavy atom. The van der Waals surface area contributed by atoms with E-state index in [-0.39, 0.29) is 22.8 Å². The van der Waals surface area contributed by atoms with Crippen molar-refractivity contribution in [2.75, 3.05) is 5.32 Å². The quantitative estimate of drug-likeness (QED) is 0.283. The minimum absolute atomic E-state index is 0.105. The lowest BCUT2D eigenvalue weighted by molar-refractivity contribution is 0.102. The van der Waals surface area contributed by atoms with Crippen molar-refractivity contribution in [3.8, 4) is 11.4 Å². The summed E-state index contributed by atoms with van der Waals surface area (Å²) in [5, 5.41) is 13.0. The van der Waals surface area contributed by atoms with Crippen LogP contribution < -0.4 is 20.9 Å². The first-order valence-corrected chi connectivity index (χ1v) is 12.4. The predicted molar refractivity (Wildman–Crippen MR) is 151 cm³/mol. The predicted octanol–water partition coefficient (Wildman–Crippen LogP) is 4.85.